The van der Waals surface area contributed by atoms with Gasteiger partial charge in [0.15, 0.2) is 0 Å². The lowest BCUT2D eigenvalue weighted by atomic mass is 9.70. The zero-order valence-electron chi connectivity index (χ0n) is 10.3. The molecule has 0 radical (unpaired) electrons. The molecule has 1 heteroatoms. The van der Waals surface area contributed by atoms with Gasteiger partial charge in [-0.1, -0.05) is 66.8 Å². The zero-order valence-corrected chi connectivity index (χ0v) is 10.3. The van der Waals surface area contributed by atoms with Crippen LogP contribution < -0.4 is 10.4 Å². The SMILES string of the molecule is O=CC12C=CC=CC1=CC=c1c2ccc2c1=CC=C2. The predicted molar refractivity (Wildman–Crippen MR) is 77.8 cm³/mol. The topological polar surface area (TPSA) is 17.1 Å². The fraction of sp³-hybridized carbons (Fsp3) is 0.0556. The third-order valence-electron chi connectivity index (χ3n) is 4.14. The molecule has 90 valence electrons. The van der Waals surface area contributed by atoms with Gasteiger partial charge in [0.25, 0.3) is 0 Å². The molecule has 0 heterocycles. The largest absolute Gasteiger partial charge is 0.302 e. The molecule has 0 saturated carbocycles. The van der Waals surface area contributed by atoms with Crippen LogP contribution in [0.3, 0.4) is 0 Å². The maximum atomic E-state index is 11.8. The van der Waals surface area contributed by atoms with Crippen LogP contribution in [-0.2, 0) is 10.2 Å². The van der Waals surface area contributed by atoms with Gasteiger partial charge < -0.3 is 4.79 Å². The lowest BCUT2D eigenvalue weighted by molar-refractivity contribution is -0.110. The molecule has 0 saturated heterocycles. The van der Waals surface area contributed by atoms with Crippen LogP contribution >= 0.6 is 0 Å². The molecule has 0 N–H and O–H groups in total. The number of hydrogen-bond donors (Lipinski definition) is 0. The Bertz CT molecular complexity index is 831. The molecule has 1 nitrogen and oxygen atoms in total. The molecule has 3 aliphatic carbocycles. The fourth-order valence-corrected chi connectivity index (χ4v) is 3.16. The summed E-state index contributed by atoms with van der Waals surface area (Å²) in [5.41, 5.74) is 2.75. The summed E-state index contributed by atoms with van der Waals surface area (Å²) in [5.74, 6) is 0. The highest BCUT2D eigenvalue weighted by Gasteiger charge is 2.36. The smallest absolute Gasteiger partial charge is 0.138 e. The lowest BCUT2D eigenvalue weighted by Gasteiger charge is -2.31. The van der Waals surface area contributed by atoms with E-state index in [1.807, 2.05) is 24.3 Å². The van der Waals surface area contributed by atoms with Crippen molar-refractivity contribution < 1.29 is 4.79 Å². The van der Waals surface area contributed by atoms with Crippen molar-refractivity contribution in [3.63, 3.8) is 0 Å². The van der Waals surface area contributed by atoms with E-state index in [4.69, 9.17) is 0 Å². The highest BCUT2D eigenvalue weighted by molar-refractivity contribution is 5.84. The van der Waals surface area contributed by atoms with Crippen LogP contribution in [0.2, 0.25) is 0 Å². The molecule has 1 unspecified atom stereocenters. The third-order valence-corrected chi connectivity index (χ3v) is 4.14. The molecule has 1 atom stereocenters. The normalized spacial score (nSPS) is 24.7. The summed E-state index contributed by atoms with van der Waals surface area (Å²) < 4.78 is 0. The Morgan fingerprint density at radius 2 is 1.84 bits per heavy atom. The van der Waals surface area contributed by atoms with Crippen molar-refractivity contribution in [2.45, 2.75) is 5.41 Å². The van der Waals surface area contributed by atoms with Crippen molar-refractivity contribution in [3.8, 4) is 0 Å². The second-order valence-electron chi connectivity index (χ2n) is 5.05. The minimum Gasteiger partial charge on any atom is -0.302 e. The van der Waals surface area contributed by atoms with Crippen molar-refractivity contribution in [1.29, 1.82) is 0 Å². The Labute approximate surface area is 111 Å². The molecule has 3 aliphatic rings. The summed E-state index contributed by atoms with van der Waals surface area (Å²) in [5, 5.41) is 2.38. The first-order valence-corrected chi connectivity index (χ1v) is 6.42. The van der Waals surface area contributed by atoms with Crippen LogP contribution in [0.5, 0.6) is 0 Å². The van der Waals surface area contributed by atoms with E-state index < -0.39 is 5.41 Å². The van der Waals surface area contributed by atoms with Gasteiger partial charge in [-0.2, -0.15) is 0 Å². The van der Waals surface area contributed by atoms with Gasteiger partial charge in [0.2, 0.25) is 0 Å². The molecule has 0 spiro atoms. The van der Waals surface area contributed by atoms with Crippen molar-refractivity contribution in [3.05, 3.63) is 75.7 Å². The average molecular weight is 244 g/mol. The number of carbonyl (C=O) groups is 1. The molecule has 0 fully saturated rings. The minimum atomic E-state index is -0.607. The van der Waals surface area contributed by atoms with E-state index in [0.717, 1.165) is 17.4 Å². The maximum Gasteiger partial charge on any atom is 0.138 e. The van der Waals surface area contributed by atoms with Crippen LogP contribution in [0.25, 0.3) is 18.2 Å². The Hall–Kier alpha value is -2.41. The molecule has 0 amide bonds. The van der Waals surface area contributed by atoms with E-state index in [1.165, 1.54) is 16.0 Å². The highest BCUT2D eigenvalue weighted by Crippen LogP contribution is 2.35. The molecule has 19 heavy (non-hydrogen) atoms. The molecular formula is C18H12O. The van der Waals surface area contributed by atoms with E-state index in [1.54, 1.807) is 0 Å². The summed E-state index contributed by atoms with van der Waals surface area (Å²) in [6, 6.07) is 4.18. The van der Waals surface area contributed by atoms with Gasteiger partial charge in [-0.15, -0.1) is 0 Å². The Kier molecular flexibility index (Phi) is 1.96. The maximum absolute atomic E-state index is 11.8. The zero-order chi connectivity index (χ0) is 12.9. The highest BCUT2D eigenvalue weighted by atomic mass is 16.1. The number of aldehydes is 1. The Morgan fingerprint density at radius 1 is 0.895 bits per heavy atom. The summed E-state index contributed by atoms with van der Waals surface area (Å²) in [6.07, 6.45) is 19.5. The Balaban J connectivity index is 2.16. The predicted octanol–water partition coefficient (Wildman–Crippen LogP) is 1.78. The number of allylic oxidation sites excluding steroid dienone is 7. The molecule has 0 bridgehead atoms. The van der Waals surface area contributed by atoms with E-state index in [9.17, 15) is 4.79 Å². The average Bonchev–Trinajstić information content (AvgIpc) is 2.95. The summed E-state index contributed by atoms with van der Waals surface area (Å²) in [7, 11) is 0. The third kappa shape index (κ3) is 1.22. The molecular weight excluding hydrogens is 232 g/mol. The van der Waals surface area contributed by atoms with E-state index in [2.05, 4.69) is 42.5 Å². The van der Waals surface area contributed by atoms with Crippen LogP contribution in [0.15, 0.2) is 54.2 Å². The first kappa shape index (κ1) is 10.5. The van der Waals surface area contributed by atoms with Gasteiger partial charge in [-0.05, 0) is 27.1 Å². The fourth-order valence-electron chi connectivity index (χ4n) is 3.16. The van der Waals surface area contributed by atoms with E-state index >= 15 is 0 Å². The second kappa shape index (κ2) is 3.55. The van der Waals surface area contributed by atoms with Gasteiger partial charge in [0.05, 0.1) is 5.41 Å². The summed E-state index contributed by atoms with van der Waals surface area (Å²) in [6.45, 7) is 0. The van der Waals surface area contributed by atoms with Crippen molar-refractivity contribution in [2.75, 3.05) is 0 Å². The first-order chi connectivity index (χ1) is 9.35. The monoisotopic (exact) mass is 244 g/mol. The van der Waals surface area contributed by atoms with Crippen LogP contribution in [0.1, 0.15) is 11.1 Å². The number of benzene rings is 1. The van der Waals surface area contributed by atoms with Gasteiger partial charge in [-0.25, -0.2) is 0 Å². The molecule has 1 aromatic carbocycles. The van der Waals surface area contributed by atoms with Crippen LogP contribution in [-0.4, -0.2) is 6.29 Å². The number of hydrogen-bond acceptors (Lipinski definition) is 1. The van der Waals surface area contributed by atoms with Gasteiger partial charge >= 0.3 is 0 Å². The van der Waals surface area contributed by atoms with E-state index in [0.29, 0.717) is 0 Å². The van der Waals surface area contributed by atoms with Crippen molar-refractivity contribution >= 4 is 24.5 Å². The second-order valence-corrected chi connectivity index (χ2v) is 5.05. The van der Waals surface area contributed by atoms with Crippen molar-refractivity contribution in [2.24, 2.45) is 0 Å². The number of carbonyl (C=O) groups excluding carboxylic acids is 1. The molecule has 0 aromatic heterocycles. The lowest BCUT2D eigenvalue weighted by Crippen LogP contribution is -2.42. The summed E-state index contributed by atoms with van der Waals surface area (Å²) >= 11 is 0. The number of fused-ring (bicyclic) bond motifs is 5. The van der Waals surface area contributed by atoms with Gasteiger partial charge in [0, 0.05) is 0 Å². The Morgan fingerprint density at radius 3 is 2.74 bits per heavy atom. The van der Waals surface area contributed by atoms with E-state index in [-0.39, 0.29) is 0 Å². The number of rotatable bonds is 1. The molecule has 0 aliphatic heterocycles. The minimum absolute atomic E-state index is 0.607. The van der Waals surface area contributed by atoms with Crippen LogP contribution in [0, 0.1) is 0 Å². The standard InChI is InChI=1S/C18H12O/c19-12-18-11-2-1-5-14(18)8-9-16-15-6-3-4-13(15)7-10-17(16)18/h1-12H. The summed E-state index contributed by atoms with van der Waals surface area (Å²) in [4.78, 5) is 11.8. The van der Waals surface area contributed by atoms with Gasteiger partial charge in [-0.3, -0.25) is 0 Å². The van der Waals surface area contributed by atoms with Gasteiger partial charge in [0.1, 0.15) is 6.29 Å². The first-order valence-electron chi connectivity index (χ1n) is 6.42. The quantitative estimate of drug-likeness (QED) is 0.688. The molecule has 1 aromatic rings. The van der Waals surface area contributed by atoms with Crippen LogP contribution in [0.4, 0.5) is 0 Å². The van der Waals surface area contributed by atoms with Crippen molar-refractivity contribution in [1.82, 2.24) is 0 Å². The molecule has 4 rings (SSSR count).